The van der Waals surface area contributed by atoms with Gasteiger partial charge in [0.1, 0.15) is 24.9 Å². The van der Waals surface area contributed by atoms with E-state index in [4.69, 9.17) is 9.47 Å². The SMILES string of the molecule is CC[C@H](C)OC(=O)N1CCC(N2CCOc3c(Nc4ccc(S(C)(=O)=O)cc4F)ncnc32)CC1. The molecule has 0 aliphatic carbocycles. The van der Waals surface area contributed by atoms with E-state index in [0.29, 0.717) is 43.6 Å². The second-order valence-corrected chi connectivity index (χ2v) is 10.8. The van der Waals surface area contributed by atoms with Crippen molar-refractivity contribution in [3.05, 3.63) is 30.3 Å². The molecule has 0 bridgehead atoms. The first-order chi connectivity index (χ1) is 16.7. The van der Waals surface area contributed by atoms with E-state index < -0.39 is 15.7 Å². The number of fused-ring (bicyclic) bond motifs is 1. The van der Waals surface area contributed by atoms with Gasteiger partial charge in [0.15, 0.2) is 21.5 Å². The molecule has 10 nitrogen and oxygen atoms in total. The van der Waals surface area contributed by atoms with Gasteiger partial charge in [-0.05, 0) is 44.4 Å². The highest BCUT2D eigenvalue weighted by atomic mass is 32.2. The van der Waals surface area contributed by atoms with Gasteiger partial charge in [0.2, 0.25) is 5.75 Å². The Morgan fingerprint density at radius 1 is 1.29 bits per heavy atom. The van der Waals surface area contributed by atoms with E-state index in [2.05, 4.69) is 20.2 Å². The molecule has 2 aliphatic heterocycles. The lowest BCUT2D eigenvalue weighted by atomic mass is 10.0. The number of hydrogen-bond donors (Lipinski definition) is 1. The summed E-state index contributed by atoms with van der Waals surface area (Å²) in [4.78, 5) is 24.8. The van der Waals surface area contributed by atoms with Crippen molar-refractivity contribution >= 4 is 33.3 Å². The number of rotatable bonds is 6. The van der Waals surface area contributed by atoms with Crippen molar-refractivity contribution in [3.8, 4) is 5.75 Å². The van der Waals surface area contributed by atoms with Crippen molar-refractivity contribution in [1.29, 1.82) is 0 Å². The van der Waals surface area contributed by atoms with Gasteiger partial charge in [0.05, 0.1) is 17.1 Å². The second-order valence-electron chi connectivity index (χ2n) is 8.78. The van der Waals surface area contributed by atoms with Gasteiger partial charge >= 0.3 is 6.09 Å². The summed E-state index contributed by atoms with van der Waals surface area (Å²) < 4.78 is 49.3. The van der Waals surface area contributed by atoms with E-state index in [9.17, 15) is 17.6 Å². The van der Waals surface area contributed by atoms with Crippen molar-refractivity contribution in [1.82, 2.24) is 14.9 Å². The van der Waals surface area contributed by atoms with Gasteiger partial charge in [-0.3, -0.25) is 0 Å². The maximum absolute atomic E-state index is 14.6. The van der Waals surface area contributed by atoms with Crippen LogP contribution in [0.5, 0.6) is 5.75 Å². The predicted molar refractivity (Wildman–Crippen MR) is 128 cm³/mol. The number of ether oxygens (including phenoxy) is 2. The predicted octanol–water partition coefficient (Wildman–Crippen LogP) is 3.36. The molecule has 0 saturated carbocycles. The Labute approximate surface area is 204 Å². The lowest BCUT2D eigenvalue weighted by molar-refractivity contribution is 0.0610. The van der Waals surface area contributed by atoms with Gasteiger partial charge in [-0.15, -0.1) is 0 Å². The lowest BCUT2D eigenvalue weighted by Gasteiger charge is -2.41. The summed E-state index contributed by atoms with van der Waals surface area (Å²) in [6, 6.07) is 3.81. The molecule has 0 unspecified atom stereocenters. The largest absolute Gasteiger partial charge is 0.485 e. The summed E-state index contributed by atoms with van der Waals surface area (Å²) in [6.07, 6.45) is 4.29. The van der Waals surface area contributed by atoms with Crippen LogP contribution < -0.4 is 15.0 Å². The number of benzene rings is 1. The Morgan fingerprint density at radius 2 is 2.03 bits per heavy atom. The number of sulfone groups is 1. The second kappa shape index (κ2) is 10.2. The van der Waals surface area contributed by atoms with Crippen molar-refractivity contribution in [2.75, 3.05) is 42.7 Å². The van der Waals surface area contributed by atoms with Crippen LogP contribution in [0.1, 0.15) is 33.1 Å². The highest BCUT2D eigenvalue weighted by Gasteiger charge is 2.33. The quantitative estimate of drug-likeness (QED) is 0.629. The number of nitrogens with one attached hydrogen (secondary N) is 1. The monoisotopic (exact) mass is 507 g/mol. The van der Waals surface area contributed by atoms with Crippen molar-refractivity contribution in [2.45, 2.75) is 50.2 Å². The minimum Gasteiger partial charge on any atom is -0.485 e. The Morgan fingerprint density at radius 3 is 2.69 bits per heavy atom. The number of carbonyl (C=O) groups is 1. The maximum atomic E-state index is 14.6. The Kier molecular flexibility index (Phi) is 7.29. The first-order valence-electron chi connectivity index (χ1n) is 11.6. The van der Waals surface area contributed by atoms with E-state index >= 15 is 0 Å². The molecular formula is C23H30FN5O5S. The van der Waals surface area contributed by atoms with Crippen LogP contribution >= 0.6 is 0 Å². The van der Waals surface area contributed by atoms with E-state index in [0.717, 1.165) is 31.6 Å². The van der Waals surface area contributed by atoms with Gasteiger partial charge in [0.25, 0.3) is 0 Å². The number of piperidine rings is 1. The van der Waals surface area contributed by atoms with Gasteiger partial charge in [-0.2, -0.15) is 0 Å². The summed E-state index contributed by atoms with van der Waals surface area (Å²) in [7, 11) is -3.52. The first kappa shape index (κ1) is 25.0. The number of anilines is 3. The average Bonchev–Trinajstić information content (AvgIpc) is 2.84. The number of nitrogens with zero attached hydrogens (tertiary/aromatic N) is 4. The fraction of sp³-hybridized carbons (Fsp3) is 0.522. The third-order valence-electron chi connectivity index (χ3n) is 6.30. The van der Waals surface area contributed by atoms with Gasteiger partial charge in [-0.25, -0.2) is 27.6 Å². The summed E-state index contributed by atoms with van der Waals surface area (Å²) in [5, 5.41) is 2.91. The van der Waals surface area contributed by atoms with Crippen LogP contribution in [0.2, 0.25) is 0 Å². The lowest BCUT2D eigenvalue weighted by Crippen LogP contribution is -2.49. The molecule has 1 fully saturated rings. The zero-order valence-corrected chi connectivity index (χ0v) is 20.8. The summed E-state index contributed by atoms with van der Waals surface area (Å²) >= 11 is 0. The van der Waals surface area contributed by atoms with Crippen molar-refractivity contribution < 1.29 is 27.1 Å². The zero-order chi connectivity index (χ0) is 25.2. The van der Waals surface area contributed by atoms with E-state index in [1.807, 2.05) is 13.8 Å². The maximum Gasteiger partial charge on any atom is 0.410 e. The van der Waals surface area contributed by atoms with E-state index in [1.54, 1.807) is 4.90 Å². The highest BCUT2D eigenvalue weighted by molar-refractivity contribution is 7.90. The van der Waals surface area contributed by atoms with Crippen LogP contribution in [0.3, 0.4) is 0 Å². The number of hydrogen-bond acceptors (Lipinski definition) is 9. The molecule has 0 spiro atoms. The first-order valence-corrected chi connectivity index (χ1v) is 13.5. The fourth-order valence-electron chi connectivity index (χ4n) is 4.14. The molecule has 4 rings (SSSR count). The van der Waals surface area contributed by atoms with Crippen molar-refractivity contribution in [2.24, 2.45) is 0 Å². The molecule has 1 atom stereocenters. The van der Waals surface area contributed by atoms with Gasteiger partial charge < -0.3 is 24.6 Å². The van der Waals surface area contributed by atoms with E-state index in [-0.39, 0.29) is 28.8 Å². The minimum absolute atomic E-state index is 0.0761. The third-order valence-corrected chi connectivity index (χ3v) is 7.41. The molecule has 1 aromatic heterocycles. The van der Waals surface area contributed by atoms with Crippen LogP contribution in [-0.2, 0) is 14.6 Å². The normalized spacial score (nSPS) is 17.4. The number of halogens is 1. The number of aromatic nitrogens is 2. The van der Waals surface area contributed by atoms with Crippen molar-refractivity contribution in [3.63, 3.8) is 0 Å². The molecule has 2 aliphatic rings. The molecule has 1 N–H and O–H groups in total. The number of amides is 1. The molecule has 0 radical (unpaired) electrons. The molecule has 190 valence electrons. The van der Waals surface area contributed by atoms with Crippen LogP contribution in [0, 0.1) is 5.82 Å². The molecule has 35 heavy (non-hydrogen) atoms. The molecular weight excluding hydrogens is 477 g/mol. The third kappa shape index (κ3) is 5.58. The highest BCUT2D eigenvalue weighted by Crippen LogP contribution is 2.39. The zero-order valence-electron chi connectivity index (χ0n) is 20.0. The van der Waals surface area contributed by atoms with Crippen LogP contribution in [0.15, 0.2) is 29.4 Å². The molecule has 12 heteroatoms. The Bertz CT molecular complexity index is 1190. The van der Waals surface area contributed by atoms with E-state index in [1.165, 1.54) is 18.5 Å². The summed E-state index contributed by atoms with van der Waals surface area (Å²) in [6.45, 7) is 6.06. The molecule has 2 aromatic rings. The summed E-state index contributed by atoms with van der Waals surface area (Å²) in [5.74, 6) is 0.580. The standard InChI is InChI=1S/C23H30FN5O5S/c1-4-15(2)34-23(30)28-9-7-16(8-10-28)29-11-12-33-20-21(25-14-26-22(20)29)27-19-6-5-17(13-18(19)24)35(3,31)32/h5-6,13-16H,4,7-12H2,1-3H3,(H,25,26,27)/t15-/m0/s1. The van der Waals surface area contributed by atoms with Crippen LogP contribution in [-0.4, -0.2) is 74.0 Å². The molecule has 1 amide bonds. The van der Waals surface area contributed by atoms with Crippen LogP contribution in [0.25, 0.3) is 0 Å². The smallest absolute Gasteiger partial charge is 0.410 e. The van der Waals surface area contributed by atoms with Gasteiger partial charge in [-0.1, -0.05) is 6.92 Å². The molecule has 3 heterocycles. The average molecular weight is 508 g/mol. The molecule has 1 aromatic carbocycles. The van der Waals surface area contributed by atoms with Crippen LogP contribution in [0.4, 0.5) is 26.5 Å². The summed E-state index contributed by atoms with van der Waals surface area (Å²) in [5.41, 5.74) is 0.0761. The minimum atomic E-state index is -3.52. The fourth-order valence-corrected chi connectivity index (χ4v) is 4.78. The molecule has 1 saturated heterocycles. The topological polar surface area (TPSA) is 114 Å². The Hall–Kier alpha value is -3.15. The number of likely N-dealkylation sites (tertiary alicyclic amines) is 1. The van der Waals surface area contributed by atoms with Gasteiger partial charge in [0, 0.05) is 25.4 Å². The number of carbonyl (C=O) groups excluding carboxylic acids is 1. The Balaban J connectivity index is 1.48.